The Morgan fingerprint density at radius 1 is 1.44 bits per heavy atom. The van der Waals surface area contributed by atoms with Crippen LogP contribution in [0.1, 0.15) is 34.1 Å². The molecule has 0 aromatic carbocycles. The van der Waals surface area contributed by atoms with Crippen LogP contribution < -0.4 is 0 Å². The largest absolute Gasteiger partial charge is 0.443 e. The highest BCUT2D eigenvalue weighted by Gasteiger charge is 2.43. The number of rotatable bonds is 1. The van der Waals surface area contributed by atoms with Gasteiger partial charge in [-0.05, 0) is 20.8 Å². The summed E-state index contributed by atoms with van der Waals surface area (Å²) >= 11 is 0. The van der Waals surface area contributed by atoms with Crippen molar-refractivity contribution in [2.24, 2.45) is 5.92 Å². The normalized spacial score (nSPS) is 26.1. The van der Waals surface area contributed by atoms with Gasteiger partial charge in [-0.1, -0.05) is 6.92 Å². The van der Waals surface area contributed by atoms with Crippen LogP contribution in [0.4, 0.5) is 4.79 Å². The lowest BCUT2D eigenvalue weighted by atomic mass is 10.1. The molecule has 0 saturated carbocycles. The summed E-state index contributed by atoms with van der Waals surface area (Å²) in [6, 6.07) is 0. The summed E-state index contributed by atoms with van der Waals surface area (Å²) in [5.41, 5.74) is -0.610. The van der Waals surface area contributed by atoms with E-state index in [4.69, 9.17) is 9.47 Å². The van der Waals surface area contributed by atoms with E-state index in [1.165, 1.54) is 7.11 Å². The minimum absolute atomic E-state index is 0.00465. The lowest BCUT2D eigenvalue weighted by Gasteiger charge is -2.27. The van der Waals surface area contributed by atoms with Gasteiger partial charge >= 0.3 is 6.09 Å². The topological polar surface area (TPSA) is 55.8 Å². The zero-order valence-corrected chi connectivity index (χ0v) is 10.4. The fourth-order valence-electron chi connectivity index (χ4n) is 1.73. The SMILES string of the molecule is CO[C@@H]1[C@@H](C)CC(=O)N1C(=O)OC(C)(C)C. The molecule has 1 fully saturated rings. The molecule has 16 heavy (non-hydrogen) atoms. The van der Waals surface area contributed by atoms with Gasteiger partial charge in [0.2, 0.25) is 5.91 Å². The van der Waals surface area contributed by atoms with E-state index in [9.17, 15) is 9.59 Å². The van der Waals surface area contributed by atoms with Crippen LogP contribution in [-0.4, -0.2) is 35.8 Å². The van der Waals surface area contributed by atoms with Crippen LogP contribution in [0.25, 0.3) is 0 Å². The van der Waals surface area contributed by atoms with Gasteiger partial charge in [0.1, 0.15) is 11.8 Å². The third-order valence-electron chi connectivity index (χ3n) is 2.34. The van der Waals surface area contributed by atoms with Gasteiger partial charge in [0.25, 0.3) is 0 Å². The first-order valence-electron chi connectivity index (χ1n) is 5.34. The Morgan fingerprint density at radius 2 is 2.00 bits per heavy atom. The molecule has 1 aliphatic heterocycles. The molecular formula is C11H19NO4. The summed E-state index contributed by atoms with van der Waals surface area (Å²) in [7, 11) is 1.48. The molecule has 0 aromatic rings. The summed E-state index contributed by atoms with van der Waals surface area (Å²) in [5, 5.41) is 0. The van der Waals surface area contributed by atoms with Crippen molar-refractivity contribution in [1.82, 2.24) is 4.90 Å². The quantitative estimate of drug-likeness (QED) is 0.687. The summed E-state index contributed by atoms with van der Waals surface area (Å²) in [6.45, 7) is 7.15. The lowest BCUT2D eigenvalue weighted by Crippen LogP contribution is -2.44. The first-order chi connectivity index (χ1) is 7.26. The molecule has 1 aliphatic rings. The summed E-state index contributed by atoms with van der Waals surface area (Å²) in [6.07, 6.45) is -0.825. The van der Waals surface area contributed by atoms with E-state index in [2.05, 4.69) is 0 Å². The van der Waals surface area contributed by atoms with Crippen LogP contribution in [0.3, 0.4) is 0 Å². The van der Waals surface area contributed by atoms with Crippen molar-refractivity contribution in [2.45, 2.75) is 45.9 Å². The van der Waals surface area contributed by atoms with Gasteiger partial charge in [0, 0.05) is 19.4 Å². The zero-order chi connectivity index (χ0) is 12.5. The molecule has 1 saturated heterocycles. The maximum atomic E-state index is 11.8. The third kappa shape index (κ3) is 2.72. The van der Waals surface area contributed by atoms with Crippen LogP contribution in [0.15, 0.2) is 0 Å². The second kappa shape index (κ2) is 4.41. The minimum Gasteiger partial charge on any atom is -0.443 e. The van der Waals surface area contributed by atoms with Crippen molar-refractivity contribution >= 4 is 12.0 Å². The molecule has 1 heterocycles. The Bertz CT molecular complexity index is 295. The van der Waals surface area contributed by atoms with Crippen LogP contribution in [-0.2, 0) is 14.3 Å². The number of imide groups is 1. The fourth-order valence-corrected chi connectivity index (χ4v) is 1.73. The van der Waals surface area contributed by atoms with Crippen LogP contribution in [0.5, 0.6) is 0 Å². The average molecular weight is 229 g/mol. The van der Waals surface area contributed by atoms with Gasteiger partial charge in [-0.15, -0.1) is 0 Å². The van der Waals surface area contributed by atoms with Crippen molar-refractivity contribution in [2.75, 3.05) is 7.11 Å². The first-order valence-corrected chi connectivity index (χ1v) is 5.34. The van der Waals surface area contributed by atoms with Crippen LogP contribution in [0.2, 0.25) is 0 Å². The molecule has 2 amide bonds. The van der Waals surface area contributed by atoms with E-state index in [0.29, 0.717) is 6.42 Å². The highest BCUT2D eigenvalue weighted by atomic mass is 16.6. The zero-order valence-electron chi connectivity index (χ0n) is 10.4. The maximum Gasteiger partial charge on any atom is 0.419 e. The summed E-state index contributed by atoms with van der Waals surface area (Å²) in [4.78, 5) is 24.5. The molecule has 92 valence electrons. The average Bonchev–Trinajstić information content (AvgIpc) is 2.37. The van der Waals surface area contributed by atoms with E-state index in [-0.39, 0.29) is 11.8 Å². The van der Waals surface area contributed by atoms with Gasteiger partial charge in [-0.3, -0.25) is 4.79 Å². The number of hydrogen-bond donors (Lipinski definition) is 0. The Hall–Kier alpha value is -1.10. The van der Waals surface area contributed by atoms with Crippen LogP contribution in [0, 0.1) is 5.92 Å². The monoisotopic (exact) mass is 229 g/mol. The molecule has 0 unspecified atom stereocenters. The van der Waals surface area contributed by atoms with Gasteiger partial charge in [-0.25, -0.2) is 9.69 Å². The molecule has 0 aliphatic carbocycles. The van der Waals surface area contributed by atoms with Crippen molar-refractivity contribution in [3.8, 4) is 0 Å². The molecular weight excluding hydrogens is 210 g/mol. The number of methoxy groups -OCH3 is 1. The number of carbonyl (C=O) groups is 2. The highest BCUT2D eigenvalue weighted by Crippen LogP contribution is 2.27. The summed E-state index contributed by atoms with van der Waals surface area (Å²) < 4.78 is 10.3. The standard InChI is InChI=1S/C11H19NO4/c1-7-6-8(13)12(9(7)15-5)10(14)16-11(2,3)4/h7,9H,6H2,1-5H3/t7-,9+/m0/s1. The van der Waals surface area contributed by atoms with E-state index in [1.54, 1.807) is 20.8 Å². The number of ether oxygens (including phenoxy) is 2. The highest BCUT2D eigenvalue weighted by molar-refractivity contribution is 5.94. The number of carbonyl (C=O) groups excluding carboxylic acids is 2. The smallest absolute Gasteiger partial charge is 0.419 e. The Balaban J connectivity index is 2.78. The van der Waals surface area contributed by atoms with Crippen molar-refractivity contribution in [1.29, 1.82) is 0 Å². The number of amides is 2. The molecule has 0 radical (unpaired) electrons. The van der Waals surface area contributed by atoms with Crippen molar-refractivity contribution < 1.29 is 19.1 Å². The lowest BCUT2D eigenvalue weighted by molar-refractivity contribution is -0.133. The van der Waals surface area contributed by atoms with Crippen molar-refractivity contribution in [3.63, 3.8) is 0 Å². The molecule has 2 atom stereocenters. The second-order valence-corrected chi connectivity index (χ2v) is 5.05. The predicted molar refractivity (Wildman–Crippen MR) is 57.7 cm³/mol. The number of hydrogen-bond acceptors (Lipinski definition) is 4. The first kappa shape index (κ1) is 13.0. The third-order valence-corrected chi connectivity index (χ3v) is 2.34. The molecule has 5 nitrogen and oxygen atoms in total. The summed E-state index contributed by atoms with van der Waals surface area (Å²) in [5.74, 6) is -0.237. The Kier molecular flexibility index (Phi) is 3.57. The van der Waals surface area contributed by atoms with Gasteiger partial charge in [-0.2, -0.15) is 0 Å². The molecule has 5 heteroatoms. The number of nitrogens with zero attached hydrogens (tertiary/aromatic N) is 1. The second-order valence-electron chi connectivity index (χ2n) is 5.05. The van der Waals surface area contributed by atoms with E-state index in [0.717, 1.165) is 4.90 Å². The van der Waals surface area contributed by atoms with Crippen molar-refractivity contribution in [3.05, 3.63) is 0 Å². The van der Waals surface area contributed by atoms with E-state index >= 15 is 0 Å². The van der Waals surface area contributed by atoms with E-state index < -0.39 is 17.9 Å². The maximum absolute atomic E-state index is 11.8. The van der Waals surface area contributed by atoms with E-state index in [1.807, 2.05) is 6.92 Å². The molecule has 0 N–H and O–H groups in total. The van der Waals surface area contributed by atoms with Gasteiger partial charge in [0.15, 0.2) is 0 Å². The number of likely N-dealkylation sites (tertiary alicyclic amines) is 1. The Morgan fingerprint density at radius 3 is 2.44 bits per heavy atom. The fraction of sp³-hybridized carbons (Fsp3) is 0.818. The van der Waals surface area contributed by atoms with Gasteiger partial charge < -0.3 is 9.47 Å². The molecule has 0 aromatic heterocycles. The molecule has 1 rings (SSSR count). The minimum atomic E-state index is -0.631. The molecule has 0 spiro atoms. The Labute approximate surface area is 95.7 Å². The predicted octanol–water partition coefficient (Wildman–Crippen LogP) is 1.76. The van der Waals surface area contributed by atoms with Gasteiger partial charge in [0.05, 0.1) is 0 Å². The molecule has 0 bridgehead atoms. The van der Waals surface area contributed by atoms with Crippen LogP contribution >= 0.6 is 0 Å².